The van der Waals surface area contributed by atoms with Crippen LogP contribution in [0.5, 0.6) is 0 Å². The average Bonchev–Trinajstić information content (AvgIpc) is 2.71. The zero-order valence-electron chi connectivity index (χ0n) is 13.4. The van der Waals surface area contributed by atoms with Crippen LogP contribution in [0, 0.1) is 6.92 Å². The van der Waals surface area contributed by atoms with Crippen molar-refractivity contribution < 1.29 is 9.53 Å². The van der Waals surface area contributed by atoms with E-state index >= 15 is 0 Å². The van der Waals surface area contributed by atoms with Gasteiger partial charge in [0.15, 0.2) is 11.5 Å². The maximum absolute atomic E-state index is 12.0. The van der Waals surface area contributed by atoms with Gasteiger partial charge in [-0.15, -0.1) is 10.2 Å². The number of rotatable bonds is 2. The molecule has 0 aliphatic carbocycles. The molecule has 0 spiro atoms. The van der Waals surface area contributed by atoms with Crippen molar-refractivity contribution in [2.45, 2.75) is 52.7 Å². The average molecular weight is 290 g/mol. The van der Waals surface area contributed by atoms with E-state index in [-0.39, 0.29) is 0 Å². The minimum Gasteiger partial charge on any atom is -0.444 e. The summed E-state index contributed by atoms with van der Waals surface area (Å²) in [7, 11) is 0. The number of amides is 1. The van der Waals surface area contributed by atoms with E-state index in [9.17, 15) is 4.79 Å². The molecule has 0 aliphatic rings. The van der Waals surface area contributed by atoms with Crippen LogP contribution in [0.25, 0.3) is 5.65 Å². The predicted molar refractivity (Wildman–Crippen MR) is 80.1 cm³/mol. The van der Waals surface area contributed by atoms with Gasteiger partial charge in [0.2, 0.25) is 0 Å². The van der Waals surface area contributed by atoms with E-state index in [0.29, 0.717) is 5.82 Å². The van der Waals surface area contributed by atoms with Crippen molar-refractivity contribution in [1.29, 1.82) is 0 Å². The summed E-state index contributed by atoms with van der Waals surface area (Å²) in [4.78, 5) is 12.0. The third-order valence-electron chi connectivity index (χ3n) is 3.00. The van der Waals surface area contributed by atoms with Gasteiger partial charge in [-0.3, -0.25) is 4.40 Å². The number of pyridine rings is 1. The summed E-state index contributed by atoms with van der Waals surface area (Å²) < 4.78 is 7.18. The molecule has 0 atom stereocenters. The predicted octanol–water partition coefficient (Wildman–Crippen LogP) is 2.80. The molecule has 1 N–H and O–H groups in total. The van der Waals surface area contributed by atoms with Gasteiger partial charge in [0, 0.05) is 6.20 Å². The molecule has 0 unspecified atom stereocenters. The summed E-state index contributed by atoms with van der Waals surface area (Å²) >= 11 is 0. The Morgan fingerprint density at radius 2 is 1.90 bits per heavy atom. The summed E-state index contributed by atoms with van der Waals surface area (Å²) in [5.41, 5.74) is 0.579. The third kappa shape index (κ3) is 3.32. The largest absolute Gasteiger partial charge is 0.444 e. The smallest absolute Gasteiger partial charge is 0.408 e. The second kappa shape index (κ2) is 5.02. The number of ether oxygens (including phenoxy) is 1. The Bertz CT molecular complexity index is 668. The van der Waals surface area contributed by atoms with Crippen molar-refractivity contribution in [3.05, 3.63) is 29.7 Å². The normalized spacial score (nSPS) is 12.5. The summed E-state index contributed by atoms with van der Waals surface area (Å²) in [5, 5.41) is 11.2. The second-order valence-corrected chi connectivity index (χ2v) is 6.66. The lowest BCUT2D eigenvalue weighted by Crippen LogP contribution is -2.44. The first-order valence-corrected chi connectivity index (χ1v) is 6.92. The molecule has 2 rings (SSSR count). The Balaban J connectivity index is 2.30. The van der Waals surface area contributed by atoms with Crippen molar-refractivity contribution in [3.63, 3.8) is 0 Å². The number of nitrogens with one attached hydrogen (secondary N) is 1. The SMILES string of the molecule is Cc1cccn2c(C(C)(C)NC(=O)OC(C)(C)C)nnc12. The molecule has 0 aromatic carbocycles. The van der Waals surface area contributed by atoms with Gasteiger partial charge < -0.3 is 10.1 Å². The fraction of sp³-hybridized carbons (Fsp3) is 0.533. The molecule has 6 heteroatoms. The zero-order chi connectivity index (χ0) is 15.8. The van der Waals surface area contributed by atoms with Crippen molar-refractivity contribution in [1.82, 2.24) is 19.9 Å². The van der Waals surface area contributed by atoms with Crippen LogP contribution in [0.3, 0.4) is 0 Å². The molecular weight excluding hydrogens is 268 g/mol. The minimum atomic E-state index is -0.699. The Kier molecular flexibility index (Phi) is 3.65. The van der Waals surface area contributed by atoms with Crippen molar-refractivity contribution >= 4 is 11.7 Å². The van der Waals surface area contributed by atoms with Crippen LogP contribution >= 0.6 is 0 Å². The summed E-state index contributed by atoms with van der Waals surface area (Å²) in [6.45, 7) is 11.2. The van der Waals surface area contributed by atoms with Crippen LogP contribution in [0.4, 0.5) is 4.79 Å². The Hall–Kier alpha value is -2.11. The number of aryl methyl sites for hydroxylation is 1. The number of hydrogen-bond acceptors (Lipinski definition) is 4. The monoisotopic (exact) mass is 290 g/mol. The number of aromatic nitrogens is 3. The molecule has 1 amide bonds. The summed E-state index contributed by atoms with van der Waals surface area (Å²) in [5.74, 6) is 0.659. The Morgan fingerprint density at radius 1 is 1.24 bits per heavy atom. The number of carbonyl (C=O) groups is 1. The molecule has 0 aliphatic heterocycles. The highest BCUT2D eigenvalue weighted by Crippen LogP contribution is 2.21. The highest BCUT2D eigenvalue weighted by molar-refractivity contribution is 5.69. The molecule has 0 bridgehead atoms. The Morgan fingerprint density at radius 3 is 2.52 bits per heavy atom. The van der Waals surface area contributed by atoms with Gasteiger partial charge in [0.1, 0.15) is 5.60 Å². The van der Waals surface area contributed by atoms with Gasteiger partial charge in [-0.1, -0.05) is 6.07 Å². The number of carbonyl (C=O) groups excluding carboxylic acids is 1. The number of alkyl carbamates (subject to hydrolysis) is 1. The molecule has 6 nitrogen and oxygen atoms in total. The lowest BCUT2D eigenvalue weighted by atomic mass is 10.1. The van der Waals surface area contributed by atoms with E-state index < -0.39 is 17.2 Å². The standard InChI is InChI=1S/C15H22N4O2/c1-10-8-7-9-19-11(10)17-18-12(19)15(5,6)16-13(20)21-14(2,3)4/h7-9H,1-6H3,(H,16,20). The second-order valence-electron chi connectivity index (χ2n) is 6.66. The van der Waals surface area contributed by atoms with Crippen molar-refractivity contribution in [3.8, 4) is 0 Å². The topological polar surface area (TPSA) is 68.5 Å². The molecular formula is C15H22N4O2. The number of hydrogen-bond donors (Lipinski definition) is 1. The molecule has 2 aromatic rings. The lowest BCUT2D eigenvalue weighted by molar-refractivity contribution is 0.0465. The van der Waals surface area contributed by atoms with Crippen LogP contribution < -0.4 is 5.32 Å². The van der Waals surface area contributed by atoms with Crippen LogP contribution in [0.2, 0.25) is 0 Å². The van der Waals surface area contributed by atoms with Crippen LogP contribution in [-0.4, -0.2) is 26.3 Å². The highest BCUT2D eigenvalue weighted by atomic mass is 16.6. The summed E-state index contributed by atoms with van der Waals surface area (Å²) in [6, 6.07) is 3.90. The molecule has 114 valence electrons. The van der Waals surface area contributed by atoms with Gasteiger partial charge >= 0.3 is 6.09 Å². The van der Waals surface area contributed by atoms with Gasteiger partial charge in [0.05, 0.1) is 5.54 Å². The fourth-order valence-electron chi connectivity index (χ4n) is 2.09. The maximum Gasteiger partial charge on any atom is 0.408 e. The van der Waals surface area contributed by atoms with E-state index in [0.717, 1.165) is 11.2 Å². The third-order valence-corrected chi connectivity index (χ3v) is 3.00. The first-order chi connectivity index (χ1) is 9.60. The maximum atomic E-state index is 12.0. The van der Waals surface area contributed by atoms with E-state index in [2.05, 4.69) is 15.5 Å². The van der Waals surface area contributed by atoms with E-state index in [1.165, 1.54) is 0 Å². The molecule has 0 fully saturated rings. The van der Waals surface area contributed by atoms with Crippen molar-refractivity contribution in [2.24, 2.45) is 0 Å². The highest BCUT2D eigenvalue weighted by Gasteiger charge is 2.30. The van der Waals surface area contributed by atoms with E-state index in [4.69, 9.17) is 4.74 Å². The minimum absolute atomic E-state index is 0.475. The fourth-order valence-corrected chi connectivity index (χ4v) is 2.09. The Labute approximate surface area is 124 Å². The zero-order valence-corrected chi connectivity index (χ0v) is 13.4. The molecule has 0 saturated carbocycles. The van der Waals surface area contributed by atoms with Gasteiger partial charge in [0.25, 0.3) is 0 Å². The number of fused-ring (bicyclic) bond motifs is 1. The van der Waals surface area contributed by atoms with Crippen LogP contribution in [-0.2, 0) is 10.3 Å². The molecule has 0 radical (unpaired) electrons. The van der Waals surface area contributed by atoms with Crippen LogP contribution in [0.15, 0.2) is 18.3 Å². The molecule has 0 saturated heterocycles. The van der Waals surface area contributed by atoms with Gasteiger partial charge in [-0.2, -0.15) is 0 Å². The van der Waals surface area contributed by atoms with Gasteiger partial charge in [-0.25, -0.2) is 4.79 Å². The molecule has 2 aromatic heterocycles. The first kappa shape index (κ1) is 15.3. The first-order valence-electron chi connectivity index (χ1n) is 6.92. The molecule has 2 heterocycles. The molecule has 21 heavy (non-hydrogen) atoms. The van der Waals surface area contributed by atoms with Crippen molar-refractivity contribution in [2.75, 3.05) is 0 Å². The van der Waals surface area contributed by atoms with Gasteiger partial charge in [-0.05, 0) is 53.2 Å². The van der Waals surface area contributed by atoms with E-state index in [1.54, 1.807) is 0 Å². The van der Waals surface area contributed by atoms with E-state index in [1.807, 2.05) is 64.3 Å². The summed E-state index contributed by atoms with van der Waals surface area (Å²) in [6.07, 6.45) is 1.41. The lowest BCUT2D eigenvalue weighted by Gasteiger charge is -2.27. The van der Waals surface area contributed by atoms with Crippen LogP contribution in [0.1, 0.15) is 46.0 Å². The quantitative estimate of drug-likeness (QED) is 0.923. The number of nitrogens with zero attached hydrogens (tertiary/aromatic N) is 3.